The predicted octanol–water partition coefficient (Wildman–Crippen LogP) is 3.59. The van der Waals surface area contributed by atoms with Crippen molar-refractivity contribution in [2.45, 2.75) is 99.9 Å². The van der Waals surface area contributed by atoms with Crippen molar-refractivity contribution in [3.63, 3.8) is 0 Å². The van der Waals surface area contributed by atoms with E-state index in [4.69, 9.17) is 63.7 Å². The SMILES string of the molecule is CC(=O)O[C@H]1C(=O)[C@@]2(C)C(CC3(OO)C(O)[C@H](O)C(C)=C1C3(C)C)[C@]1(OC(C)=O)CO[C@@H]1C[C@@H]2OC(=O)C(Cl)(Cl)Cl.O=C(O)c1ccccc1. The Hall–Kier alpha value is -2.82. The van der Waals surface area contributed by atoms with Crippen LogP contribution >= 0.6 is 34.8 Å². The van der Waals surface area contributed by atoms with Crippen LogP contribution in [-0.2, 0) is 43.0 Å². The molecule has 4 aliphatic rings. The molecule has 0 amide bonds. The first-order chi connectivity index (χ1) is 23.0. The maximum Gasteiger partial charge on any atom is 0.358 e. The van der Waals surface area contributed by atoms with Crippen molar-refractivity contribution >= 4 is 64.5 Å². The van der Waals surface area contributed by atoms with Gasteiger partial charge < -0.3 is 34.3 Å². The Morgan fingerprint density at radius 1 is 0.980 bits per heavy atom. The molecule has 1 heterocycles. The molecule has 1 saturated heterocycles. The molecule has 276 valence electrons. The number of rotatable bonds is 5. The summed E-state index contributed by atoms with van der Waals surface area (Å²) in [5, 5.41) is 41.5. The smallest absolute Gasteiger partial charge is 0.358 e. The molecule has 9 atom stereocenters. The van der Waals surface area contributed by atoms with Crippen molar-refractivity contribution < 1.29 is 68.4 Å². The summed E-state index contributed by atoms with van der Waals surface area (Å²) in [5.74, 6) is -5.75. The van der Waals surface area contributed by atoms with Crippen LogP contribution in [0, 0.1) is 16.7 Å². The molecule has 2 saturated carbocycles. The summed E-state index contributed by atoms with van der Waals surface area (Å²) in [4.78, 5) is 67.7. The van der Waals surface area contributed by atoms with Crippen LogP contribution in [0.25, 0.3) is 0 Å². The van der Waals surface area contributed by atoms with E-state index < -0.39 is 98.3 Å². The third-order valence-corrected chi connectivity index (χ3v) is 11.1. The summed E-state index contributed by atoms with van der Waals surface area (Å²) in [5.41, 5.74) is -6.44. The average Bonchev–Trinajstić information content (AvgIpc) is 3.02. The Bertz CT molecular complexity index is 1570. The quantitative estimate of drug-likeness (QED) is 0.0843. The molecular weight excluding hydrogens is 727 g/mol. The average molecular weight is 766 g/mol. The molecule has 3 fully saturated rings. The van der Waals surface area contributed by atoms with Gasteiger partial charge in [0.25, 0.3) is 3.79 Å². The molecule has 14 nitrogen and oxygen atoms in total. The number of carboxylic acid groups (broad SMARTS) is 1. The minimum Gasteiger partial charge on any atom is -0.478 e. The van der Waals surface area contributed by atoms with Crippen LogP contribution in [0.5, 0.6) is 0 Å². The maximum atomic E-state index is 14.8. The number of carboxylic acids is 1. The Balaban J connectivity index is 0.000000541. The fraction of sp³-hybridized carbons (Fsp3) is 0.606. The molecule has 0 spiro atoms. The summed E-state index contributed by atoms with van der Waals surface area (Å²) in [6, 6.07) is 8.30. The van der Waals surface area contributed by atoms with Gasteiger partial charge in [-0.2, -0.15) is 0 Å². The lowest BCUT2D eigenvalue weighted by atomic mass is 9.45. The van der Waals surface area contributed by atoms with Crippen molar-refractivity contribution in [2.75, 3.05) is 6.61 Å². The zero-order valence-corrected chi connectivity index (χ0v) is 30.2. The van der Waals surface area contributed by atoms with Gasteiger partial charge in [0.1, 0.15) is 30.0 Å². The highest BCUT2D eigenvalue weighted by atomic mass is 35.6. The molecule has 1 aromatic carbocycles. The number of alkyl halides is 3. The van der Waals surface area contributed by atoms with Gasteiger partial charge in [0, 0.05) is 31.6 Å². The van der Waals surface area contributed by atoms with Crippen LogP contribution in [0.2, 0.25) is 0 Å². The van der Waals surface area contributed by atoms with E-state index in [2.05, 4.69) is 0 Å². The first-order valence-corrected chi connectivity index (χ1v) is 16.6. The fourth-order valence-electron chi connectivity index (χ4n) is 8.08. The van der Waals surface area contributed by atoms with E-state index in [1.165, 1.54) is 13.8 Å². The summed E-state index contributed by atoms with van der Waals surface area (Å²) >= 11 is 17.4. The lowest BCUT2D eigenvalue weighted by molar-refractivity contribution is -0.397. The maximum absolute atomic E-state index is 14.8. The fourth-order valence-corrected chi connectivity index (χ4v) is 8.21. The first kappa shape index (κ1) is 40.0. The van der Waals surface area contributed by atoms with E-state index in [0.29, 0.717) is 5.56 Å². The molecule has 50 heavy (non-hydrogen) atoms. The second-order valence-electron chi connectivity index (χ2n) is 13.6. The summed E-state index contributed by atoms with van der Waals surface area (Å²) < 4.78 is 20.3. The van der Waals surface area contributed by atoms with E-state index in [1.54, 1.807) is 44.2 Å². The van der Waals surface area contributed by atoms with Crippen LogP contribution in [0.15, 0.2) is 41.5 Å². The van der Waals surface area contributed by atoms with Crippen LogP contribution in [0.4, 0.5) is 0 Å². The molecule has 0 aromatic heterocycles. The van der Waals surface area contributed by atoms with Crippen molar-refractivity contribution in [1.29, 1.82) is 0 Å². The molecule has 0 radical (unpaired) electrons. The Kier molecular flexibility index (Phi) is 11.2. The number of aromatic carboxylic acids is 1. The minimum absolute atomic E-state index is 0.0733. The summed E-state index contributed by atoms with van der Waals surface area (Å²) in [6.07, 6.45) is -8.08. The Morgan fingerprint density at radius 3 is 2.02 bits per heavy atom. The van der Waals surface area contributed by atoms with Crippen LogP contribution < -0.4 is 0 Å². The topological polar surface area (TPSA) is 212 Å². The van der Waals surface area contributed by atoms with E-state index in [-0.39, 0.29) is 24.2 Å². The summed E-state index contributed by atoms with van der Waals surface area (Å²) in [6.45, 7) is 8.03. The number of benzene rings is 1. The number of halogens is 3. The largest absolute Gasteiger partial charge is 0.478 e. The molecule has 1 aliphatic heterocycles. The molecule has 1 aromatic rings. The molecule has 5 rings (SSSR count). The van der Waals surface area contributed by atoms with Gasteiger partial charge >= 0.3 is 23.9 Å². The van der Waals surface area contributed by atoms with E-state index in [0.717, 1.165) is 13.8 Å². The van der Waals surface area contributed by atoms with Crippen LogP contribution in [0.1, 0.15) is 64.7 Å². The highest BCUT2D eigenvalue weighted by Crippen LogP contribution is 2.64. The lowest BCUT2D eigenvalue weighted by Gasteiger charge is -2.66. The van der Waals surface area contributed by atoms with E-state index in [1.807, 2.05) is 0 Å². The van der Waals surface area contributed by atoms with Gasteiger partial charge in [0.15, 0.2) is 17.5 Å². The van der Waals surface area contributed by atoms with Crippen molar-refractivity contribution in [2.24, 2.45) is 16.7 Å². The molecule has 2 bridgehead atoms. The number of hydrogen-bond acceptors (Lipinski definition) is 13. The van der Waals surface area contributed by atoms with Gasteiger partial charge in [-0.3, -0.25) is 19.6 Å². The molecule has 17 heteroatoms. The van der Waals surface area contributed by atoms with Crippen LogP contribution in [0.3, 0.4) is 0 Å². The highest BCUT2D eigenvalue weighted by Gasteiger charge is 2.76. The number of fused-ring (bicyclic) bond motifs is 5. The second kappa shape index (κ2) is 14.0. The highest BCUT2D eigenvalue weighted by molar-refractivity contribution is 6.75. The molecule has 4 N–H and O–H groups in total. The normalized spacial score (nSPS) is 35.7. The molecule has 3 unspecified atom stereocenters. The number of esters is 3. The number of ketones is 1. The predicted molar refractivity (Wildman–Crippen MR) is 174 cm³/mol. The second-order valence-corrected chi connectivity index (χ2v) is 15.9. The van der Waals surface area contributed by atoms with Gasteiger partial charge in [0.2, 0.25) is 0 Å². The number of carbonyl (C=O) groups excluding carboxylic acids is 4. The Morgan fingerprint density at radius 2 is 1.58 bits per heavy atom. The van der Waals surface area contributed by atoms with Gasteiger partial charge in [-0.25, -0.2) is 14.5 Å². The number of ether oxygens (including phenoxy) is 4. The van der Waals surface area contributed by atoms with Gasteiger partial charge in [-0.1, -0.05) is 66.8 Å². The van der Waals surface area contributed by atoms with Crippen molar-refractivity contribution in [3.05, 3.63) is 47.0 Å². The zero-order valence-electron chi connectivity index (χ0n) is 28.0. The summed E-state index contributed by atoms with van der Waals surface area (Å²) in [7, 11) is 0. The monoisotopic (exact) mass is 764 g/mol. The van der Waals surface area contributed by atoms with E-state index in [9.17, 15) is 39.4 Å². The first-order valence-electron chi connectivity index (χ1n) is 15.5. The Labute approximate surface area is 302 Å². The zero-order chi connectivity index (χ0) is 37.8. The van der Waals surface area contributed by atoms with Crippen LogP contribution in [-0.4, -0.2) is 102 Å². The van der Waals surface area contributed by atoms with Gasteiger partial charge in [-0.05, 0) is 43.5 Å². The van der Waals surface area contributed by atoms with Crippen molar-refractivity contribution in [1.82, 2.24) is 0 Å². The molecule has 3 aliphatic carbocycles. The third kappa shape index (κ3) is 6.42. The standard InChI is InChI=1S/C26H33Cl3O12.C7H6O2/c1-10-16-18(38-11(2)30)20(34)23(6)13(8-25(41-36,22(16,4)5)19(33)17(10)32)24(40-12(3)31)9-37-15(24)7-14(23)39-21(35)26(27,28)29;8-7(9)6-4-2-1-3-5-6/h13-15,17-19,32-33,36H,7-9H2,1-6H3;1-5H,(H,8,9)/t13?,14-,15+,17+,18+,19?,23-,24+,25?;/m0./s1. The number of Topliss-reactive ketones (excluding diaryl/α,β-unsaturated/α-hetero) is 1. The minimum atomic E-state index is -2.52. The number of carbonyl (C=O) groups is 5. The number of hydrogen-bond donors (Lipinski definition) is 4. The number of aliphatic hydroxyl groups is 2. The number of aliphatic hydroxyl groups excluding tert-OH is 2. The van der Waals surface area contributed by atoms with Crippen molar-refractivity contribution in [3.8, 4) is 0 Å². The lowest BCUT2D eigenvalue weighted by Crippen LogP contribution is -2.79. The van der Waals surface area contributed by atoms with Gasteiger partial charge in [0.05, 0.1) is 17.6 Å². The molecular formula is C33H39Cl3O14. The van der Waals surface area contributed by atoms with Gasteiger partial charge in [-0.15, -0.1) is 0 Å². The third-order valence-electron chi connectivity index (χ3n) is 10.7. The van der Waals surface area contributed by atoms with E-state index >= 15 is 0 Å².